The van der Waals surface area contributed by atoms with Gasteiger partial charge in [-0.15, -0.1) is 0 Å². The minimum absolute atomic E-state index is 0.0736. The molecule has 0 saturated carbocycles. The Kier molecular flexibility index (Phi) is 2.56. The van der Waals surface area contributed by atoms with Crippen molar-refractivity contribution in [2.75, 3.05) is 5.32 Å². The summed E-state index contributed by atoms with van der Waals surface area (Å²) in [6.45, 7) is 3.85. The Hall–Kier alpha value is -1.72. The van der Waals surface area contributed by atoms with Crippen molar-refractivity contribution in [3.8, 4) is 0 Å². The van der Waals surface area contributed by atoms with Gasteiger partial charge in [-0.25, -0.2) is 0 Å². The van der Waals surface area contributed by atoms with Crippen LogP contribution in [-0.2, 0) is 10.2 Å². The minimum atomic E-state index is -0.592. The smallest absolute Gasteiger partial charge is 0.190 e. The van der Waals surface area contributed by atoms with E-state index in [1.807, 2.05) is 32.0 Å². The maximum Gasteiger partial charge on any atom is 0.190 e. The van der Waals surface area contributed by atoms with Crippen LogP contribution in [0.15, 0.2) is 35.0 Å². The standard InChI is InChI=1S/C15H12ClN3OS/c1-15(2)8-6-17-19-11(8)13-12(14(15)20)18-9-5-7(16)3-4-10(9)21-13/h3-6,18H,1-2H3,(H,17,19). The Morgan fingerprint density at radius 1 is 1.33 bits per heavy atom. The summed E-state index contributed by atoms with van der Waals surface area (Å²) in [6, 6.07) is 5.65. The Morgan fingerprint density at radius 2 is 2.14 bits per heavy atom. The number of anilines is 1. The Labute approximate surface area is 131 Å². The molecular weight excluding hydrogens is 306 g/mol. The molecule has 0 saturated heterocycles. The highest BCUT2D eigenvalue weighted by atomic mass is 35.5. The second kappa shape index (κ2) is 4.15. The van der Waals surface area contributed by atoms with Crippen molar-refractivity contribution >= 4 is 39.7 Å². The fourth-order valence-corrected chi connectivity index (χ4v) is 4.00. The van der Waals surface area contributed by atoms with Crippen LogP contribution in [0.5, 0.6) is 0 Å². The van der Waals surface area contributed by atoms with Gasteiger partial charge < -0.3 is 5.32 Å². The number of nitrogens with one attached hydrogen (secondary N) is 2. The van der Waals surface area contributed by atoms with E-state index in [0.29, 0.717) is 10.7 Å². The highest BCUT2D eigenvalue weighted by Gasteiger charge is 2.43. The first-order valence-electron chi connectivity index (χ1n) is 6.56. The topological polar surface area (TPSA) is 57.8 Å². The van der Waals surface area contributed by atoms with Crippen molar-refractivity contribution < 1.29 is 4.79 Å². The summed E-state index contributed by atoms with van der Waals surface area (Å²) < 4.78 is 0. The number of H-pyrrole nitrogens is 1. The van der Waals surface area contributed by atoms with Gasteiger partial charge in [0.05, 0.1) is 33.6 Å². The maximum absolute atomic E-state index is 12.8. The van der Waals surface area contributed by atoms with E-state index < -0.39 is 5.41 Å². The third-order valence-electron chi connectivity index (χ3n) is 3.97. The lowest BCUT2D eigenvalue weighted by Gasteiger charge is -2.34. The summed E-state index contributed by atoms with van der Waals surface area (Å²) in [6.07, 6.45) is 1.74. The lowest BCUT2D eigenvalue weighted by atomic mass is 9.76. The quantitative estimate of drug-likeness (QED) is 0.775. The molecule has 1 aromatic heterocycles. The number of rotatable bonds is 0. The van der Waals surface area contributed by atoms with Crippen LogP contribution in [0, 0.1) is 0 Å². The Balaban J connectivity index is 1.93. The molecule has 6 heteroatoms. The van der Waals surface area contributed by atoms with E-state index in [9.17, 15) is 4.79 Å². The number of ketones is 1. The SMILES string of the molecule is CC1(C)C(=O)C2=C(Sc3ccc(Cl)cc3N2)c2[nH]ncc21. The number of aromatic nitrogens is 2. The molecule has 0 spiro atoms. The molecule has 0 bridgehead atoms. The van der Waals surface area contributed by atoms with Crippen LogP contribution in [0.4, 0.5) is 5.69 Å². The molecule has 0 atom stereocenters. The predicted molar refractivity (Wildman–Crippen MR) is 84.5 cm³/mol. The fraction of sp³-hybridized carbons (Fsp3) is 0.200. The number of aromatic amines is 1. The van der Waals surface area contributed by atoms with Gasteiger partial charge in [0.2, 0.25) is 0 Å². The fourth-order valence-electron chi connectivity index (χ4n) is 2.75. The predicted octanol–water partition coefficient (Wildman–Crippen LogP) is 3.81. The van der Waals surface area contributed by atoms with E-state index in [1.165, 1.54) is 0 Å². The summed E-state index contributed by atoms with van der Waals surface area (Å²) in [5, 5.41) is 11.1. The molecule has 1 aliphatic carbocycles. The second-order valence-electron chi connectivity index (χ2n) is 5.68. The normalized spacial score (nSPS) is 18.7. The molecule has 2 aliphatic rings. The first kappa shape index (κ1) is 13.0. The maximum atomic E-state index is 12.8. The van der Waals surface area contributed by atoms with E-state index in [2.05, 4.69) is 15.5 Å². The number of benzene rings is 1. The molecule has 4 rings (SSSR count). The summed E-state index contributed by atoms with van der Waals surface area (Å²) in [4.78, 5) is 14.8. The van der Waals surface area contributed by atoms with Crippen LogP contribution >= 0.6 is 23.4 Å². The number of fused-ring (bicyclic) bond motifs is 3. The number of carbonyl (C=O) groups is 1. The highest BCUT2D eigenvalue weighted by Crippen LogP contribution is 2.51. The van der Waals surface area contributed by atoms with E-state index in [-0.39, 0.29) is 5.78 Å². The van der Waals surface area contributed by atoms with Crippen molar-refractivity contribution in [1.29, 1.82) is 0 Å². The molecule has 1 aliphatic heterocycles. The Bertz CT molecular complexity index is 822. The number of thioether (sulfide) groups is 1. The van der Waals surface area contributed by atoms with E-state index in [1.54, 1.807) is 18.0 Å². The number of allylic oxidation sites excluding steroid dienone is 1. The number of nitrogens with zero attached hydrogens (tertiary/aromatic N) is 1. The van der Waals surface area contributed by atoms with Gasteiger partial charge in [-0.05, 0) is 32.0 Å². The van der Waals surface area contributed by atoms with Crippen LogP contribution in [0.1, 0.15) is 25.1 Å². The number of halogens is 1. The van der Waals surface area contributed by atoms with Gasteiger partial charge in [0, 0.05) is 15.5 Å². The van der Waals surface area contributed by atoms with E-state index >= 15 is 0 Å². The molecule has 0 amide bonds. The average Bonchev–Trinajstić information content (AvgIpc) is 2.94. The van der Waals surface area contributed by atoms with Crippen LogP contribution in [0.2, 0.25) is 5.02 Å². The van der Waals surface area contributed by atoms with Crippen molar-refractivity contribution in [1.82, 2.24) is 10.2 Å². The number of hydrogen-bond acceptors (Lipinski definition) is 4. The van der Waals surface area contributed by atoms with Gasteiger partial charge >= 0.3 is 0 Å². The lowest BCUT2D eigenvalue weighted by Crippen LogP contribution is -2.37. The zero-order valence-corrected chi connectivity index (χ0v) is 13.0. The van der Waals surface area contributed by atoms with Crippen LogP contribution in [-0.4, -0.2) is 16.0 Å². The van der Waals surface area contributed by atoms with Gasteiger partial charge in [0.15, 0.2) is 5.78 Å². The second-order valence-corrected chi connectivity index (χ2v) is 7.17. The van der Waals surface area contributed by atoms with Crippen LogP contribution in [0.3, 0.4) is 0 Å². The molecule has 2 aromatic rings. The van der Waals surface area contributed by atoms with Gasteiger partial charge in [0.1, 0.15) is 0 Å². The van der Waals surface area contributed by atoms with Crippen molar-refractivity contribution in [3.63, 3.8) is 0 Å². The van der Waals surface area contributed by atoms with Gasteiger partial charge in [-0.2, -0.15) is 5.10 Å². The monoisotopic (exact) mass is 317 g/mol. The Morgan fingerprint density at radius 3 is 2.95 bits per heavy atom. The zero-order chi connectivity index (χ0) is 14.8. The largest absolute Gasteiger partial charge is 0.351 e. The zero-order valence-electron chi connectivity index (χ0n) is 11.5. The summed E-state index contributed by atoms with van der Waals surface area (Å²) in [7, 11) is 0. The molecule has 2 heterocycles. The first-order valence-corrected chi connectivity index (χ1v) is 7.75. The molecule has 0 fully saturated rings. The number of Topliss-reactive ketones (excluding diaryl/α,β-unsaturated/α-hetero) is 1. The number of carbonyl (C=O) groups excluding carboxylic acids is 1. The molecule has 106 valence electrons. The molecule has 21 heavy (non-hydrogen) atoms. The third-order valence-corrected chi connectivity index (χ3v) is 5.40. The van der Waals surface area contributed by atoms with Crippen molar-refractivity contribution in [2.45, 2.75) is 24.2 Å². The summed E-state index contributed by atoms with van der Waals surface area (Å²) >= 11 is 7.61. The summed E-state index contributed by atoms with van der Waals surface area (Å²) in [5.41, 5.74) is 2.77. The van der Waals surface area contributed by atoms with E-state index in [4.69, 9.17) is 11.6 Å². The van der Waals surface area contributed by atoms with Crippen molar-refractivity contribution in [3.05, 3.63) is 46.4 Å². The van der Waals surface area contributed by atoms with Crippen LogP contribution in [0.25, 0.3) is 4.91 Å². The summed E-state index contributed by atoms with van der Waals surface area (Å²) in [5.74, 6) is 0.0736. The molecule has 0 unspecified atom stereocenters. The van der Waals surface area contributed by atoms with Gasteiger partial charge in [-0.3, -0.25) is 9.89 Å². The van der Waals surface area contributed by atoms with Crippen molar-refractivity contribution in [2.24, 2.45) is 0 Å². The average molecular weight is 318 g/mol. The third kappa shape index (κ3) is 1.71. The molecule has 0 radical (unpaired) electrons. The molecule has 2 N–H and O–H groups in total. The lowest BCUT2D eigenvalue weighted by molar-refractivity contribution is -0.119. The first-order chi connectivity index (χ1) is 9.98. The van der Waals surface area contributed by atoms with Gasteiger partial charge in [0.25, 0.3) is 0 Å². The van der Waals surface area contributed by atoms with Crippen LogP contribution < -0.4 is 5.32 Å². The number of hydrogen-bond donors (Lipinski definition) is 2. The van der Waals surface area contributed by atoms with E-state index in [0.717, 1.165) is 26.7 Å². The minimum Gasteiger partial charge on any atom is -0.351 e. The molecule has 4 nitrogen and oxygen atoms in total. The molecule has 1 aromatic carbocycles. The molecular formula is C15H12ClN3OS. The van der Waals surface area contributed by atoms with Gasteiger partial charge in [-0.1, -0.05) is 23.4 Å². The highest BCUT2D eigenvalue weighted by molar-refractivity contribution is 8.08.